The van der Waals surface area contributed by atoms with E-state index in [1.54, 1.807) is 20.5 Å². The van der Waals surface area contributed by atoms with Gasteiger partial charge in [0.15, 0.2) is 11.5 Å². The summed E-state index contributed by atoms with van der Waals surface area (Å²) in [6.07, 6.45) is 1.67. The molecule has 0 aliphatic carbocycles. The highest BCUT2D eigenvalue weighted by Gasteiger charge is 2.16. The smallest absolute Gasteiger partial charge is 0.179 e. The molecule has 0 saturated heterocycles. The molecule has 0 fully saturated rings. The molecule has 2 N–H and O–H groups in total. The predicted octanol–water partition coefficient (Wildman–Crippen LogP) is 2.38. The van der Waals surface area contributed by atoms with Crippen molar-refractivity contribution >= 4 is 11.6 Å². The van der Waals surface area contributed by atoms with Crippen LogP contribution >= 0.6 is 11.6 Å². The summed E-state index contributed by atoms with van der Waals surface area (Å²) in [6, 6.07) is 3.74. The molecule has 6 nitrogen and oxygen atoms in total. The molecule has 7 heteroatoms. The lowest BCUT2D eigenvalue weighted by molar-refractivity contribution is 0.182. The van der Waals surface area contributed by atoms with Gasteiger partial charge in [0.25, 0.3) is 0 Å². The molecule has 0 atom stereocenters. The summed E-state index contributed by atoms with van der Waals surface area (Å²) in [5.41, 5.74) is 2.88. The van der Waals surface area contributed by atoms with Gasteiger partial charge in [0, 0.05) is 25.3 Å². The number of aromatic nitrogens is 2. The van der Waals surface area contributed by atoms with Gasteiger partial charge in [-0.05, 0) is 18.6 Å². The summed E-state index contributed by atoms with van der Waals surface area (Å²) < 4.78 is 10.6. The van der Waals surface area contributed by atoms with E-state index in [2.05, 4.69) is 14.9 Å². The molecular weight excluding hydrogens is 318 g/mol. The van der Waals surface area contributed by atoms with E-state index in [0.717, 1.165) is 17.0 Å². The van der Waals surface area contributed by atoms with Crippen LogP contribution in [-0.4, -0.2) is 47.3 Å². The number of H-pyrrole nitrogens is 1. The van der Waals surface area contributed by atoms with Crippen LogP contribution in [0.15, 0.2) is 18.5 Å². The number of hydrogen-bond donors (Lipinski definition) is 2. The number of hydrogen-bond acceptors (Lipinski definition) is 5. The molecule has 2 aromatic rings. The summed E-state index contributed by atoms with van der Waals surface area (Å²) in [6.45, 7) is 3.76. The molecule has 0 unspecified atom stereocenters. The maximum Gasteiger partial charge on any atom is 0.179 e. The SMILES string of the molecule is COc1ccc(CN(CCO)Cc2nc[nH]c2C)c(Cl)c1OC. The molecular formula is C16H22ClN3O3. The molecule has 0 radical (unpaired) electrons. The Hall–Kier alpha value is -1.76. The molecule has 0 spiro atoms. The molecule has 1 aromatic carbocycles. The van der Waals surface area contributed by atoms with Crippen molar-refractivity contribution in [3.8, 4) is 11.5 Å². The summed E-state index contributed by atoms with van der Waals surface area (Å²) in [7, 11) is 3.14. The second-order valence-corrected chi connectivity index (χ2v) is 5.56. The number of rotatable bonds is 8. The molecule has 0 bridgehead atoms. The van der Waals surface area contributed by atoms with Gasteiger partial charge < -0.3 is 19.6 Å². The predicted molar refractivity (Wildman–Crippen MR) is 89.1 cm³/mol. The Kier molecular flexibility index (Phi) is 6.27. The zero-order chi connectivity index (χ0) is 16.8. The van der Waals surface area contributed by atoms with Crippen molar-refractivity contribution in [3.05, 3.63) is 40.4 Å². The maximum absolute atomic E-state index is 9.32. The first-order chi connectivity index (χ1) is 11.1. The van der Waals surface area contributed by atoms with Gasteiger partial charge in [-0.25, -0.2) is 4.98 Å². The minimum atomic E-state index is 0.0639. The third-order valence-corrected chi connectivity index (χ3v) is 4.10. The Morgan fingerprint density at radius 1 is 1.26 bits per heavy atom. The topological polar surface area (TPSA) is 70.6 Å². The van der Waals surface area contributed by atoms with Crippen LogP contribution in [0.25, 0.3) is 0 Å². The fourth-order valence-electron chi connectivity index (χ4n) is 2.41. The molecule has 2 rings (SSSR count). The average Bonchev–Trinajstić information content (AvgIpc) is 2.94. The molecule has 0 amide bonds. The average molecular weight is 340 g/mol. The highest BCUT2D eigenvalue weighted by atomic mass is 35.5. The van der Waals surface area contributed by atoms with Gasteiger partial charge in [0.2, 0.25) is 0 Å². The lowest BCUT2D eigenvalue weighted by Gasteiger charge is -2.22. The van der Waals surface area contributed by atoms with Gasteiger partial charge >= 0.3 is 0 Å². The normalized spacial score (nSPS) is 11.0. The highest BCUT2D eigenvalue weighted by molar-refractivity contribution is 6.33. The van der Waals surface area contributed by atoms with Crippen LogP contribution in [0.5, 0.6) is 11.5 Å². The number of nitrogens with one attached hydrogen (secondary N) is 1. The van der Waals surface area contributed by atoms with E-state index >= 15 is 0 Å². The van der Waals surface area contributed by atoms with E-state index in [9.17, 15) is 5.11 Å². The minimum Gasteiger partial charge on any atom is -0.493 e. The van der Waals surface area contributed by atoms with Crippen molar-refractivity contribution in [3.63, 3.8) is 0 Å². The van der Waals surface area contributed by atoms with Gasteiger partial charge in [-0.3, -0.25) is 4.90 Å². The van der Waals surface area contributed by atoms with E-state index in [1.165, 1.54) is 0 Å². The molecule has 1 aromatic heterocycles. The standard InChI is InChI=1S/C16H22ClN3O3/c1-11-13(19-10-18-11)9-20(6-7-21)8-12-4-5-14(22-2)16(23-3)15(12)17/h4-5,10,21H,6-9H2,1-3H3,(H,18,19). The van der Waals surface area contributed by atoms with Crippen molar-refractivity contribution in [2.45, 2.75) is 20.0 Å². The van der Waals surface area contributed by atoms with Crippen LogP contribution in [0.4, 0.5) is 0 Å². The molecule has 0 aliphatic heterocycles. The van der Waals surface area contributed by atoms with Crippen LogP contribution in [-0.2, 0) is 13.1 Å². The maximum atomic E-state index is 9.32. The van der Waals surface area contributed by atoms with Crippen molar-refractivity contribution in [1.29, 1.82) is 0 Å². The lowest BCUT2D eigenvalue weighted by Crippen LogP contribution is -2.26. The quantitative estimate of drug-likeness (QED) is 0.772. The monoisotopic (exact) mass is 339 g/mol. The van der Waals surface area contributed by atoms with Crippen LogP contribution < -0.4 is 9.47 Å². The molecule has 23 heavy (non-hydrogen) atoms. The molecule has 0 saturated carbocycles. The van der Waals surface area contributed by atoms with Crippen molar-refractivity contribution in [2.24, 2.45) is 0 Å². The second kappa shape index (κ2) is 8.19. The number of nitrogens with zero attached hydrogens (tertiary/aromatic N) is 2. The van der Waals surface area contributed by atoms with Crippen LogP contribution in [0.2, 0.25) is 5.02 Å². The number of aliphatic hydroxyl groups excluding tert-OH is 1. The number of halogens is 1. The van der Waals surface area contributed by atoms with Crippen molar-refractivity contribution in [1.82, 2.24) is 14.9 Å². The van der Waals surface area contributed by atoms with Gasteiger partial charge in [0.05, 0.1) is 37.9 Å². The van der Waals surface area contributed by atoms with E-state index in [4.69, 9.17) is 21.1 Å². The number of methoxy groups -OCH3 is 2. The zero-order valence-electron chi connectivity index (χ0n) is 13.6. The van der Waals surface area contributed by atoms with E-state index in [-0.39, 0.29) is 6.61 Å². The largest absolute Gasteiger partial charge is 0.493 e. The Bertz CT molecular complexity index is 645. The van der Waals surface area contributed by atoms with Gasteiger partial charge in [-0.1, -0.05) is 17.7 Å². The first kappa shape index (κ1) is 17.6. The number of aliphatic hydroxyl groups is 1. The third kappa shape index (κ3) is 4.16. The minimum absolute atomic E-state index is 0.0639. The Balaban J connectivity index is 2.21. The Labute approximate surface area is 141 Å². The van der Waals surface area contributed by atoms with Crippen LogP contribution in [0.3, 0.4) is 0 Å². The first-order valence-corrected chi connectivity index (χ1v) is 7.69. The number of ether oxygens (including phenoxy) is 2. The Morgan fingerprint density at radius 3 is 2.61 bits per heavy atom. The third-order valence-electron chi connectivity index (χ3n) is 3.68. The lowest BCUT2D eigenvalue weighted by atomic mass is 10.1. The molecule has 0 aliphatic rings. The summed E-state index contributed by atoms with van der Waals surface area (Å²) in [4.78, 5) is 9.45. The van der Waals surface area contributed by atoms with Gasteiger partial charge in [-0.15, -0.1) is 0 Å². The summed E-state index contributed by atoms with van der Waals surface area (Å²) >= 11 is 6.43. The van der Waals surface area contributed by atoms with Crippen LogP contribution in [0.1, 0.15) is 17.0 Å². The second-order valence-electron chi connectivity index (χ2n) is 5.18. The number of benzene rings is 1. The van der Waals surface area contributed by atoms with E-state index in [1.807, 2.05) is 19.1 Å². The van der Waals surface area contributed by atoms with Crippen LogP contribution in [0, 0.1) is 6.92 Å². The number of aryl methyl sites for hydroxylation is 1. The molecule has 1 heterocycles. The van der Waals surface area contributed by atoms with E-state index < -0.39 is 0 Å². The number of imidazole rings is 1. The van der Waals surface area contributed by atoms with E-state index in [0.29, 0.717) is 36.2 Å². The zero-order valence-corrected chi connectivity index (χ0v) is 14.4. The number of aromatic amines is 1. The highest BCUT2D eigenvalue weighted by Crippen LogP contribution is 2.37. The van der Waals surface area contributed by atoms with Crippen molar-refractivity contribution in [2.75, 3.05) is 27.4 Å². The Morgan fingerprint density at radius 2 is 2.04 bits per heavy atom. The summed E-state index contributed by atoms with van der Waals surface area (Å²) in [5.74, 6) is 1.12. The molecule has 126 valence electrons. The van der Waals surface area contributed by atoms with Gasteiger partial charge in [-0.2, -0.15) is 0 Å². The fraction of sp³-hybridized carbons (Fsp3) is 0.438. The van der Waals surface area contributed by atoms with Gasteiger partial charge in [0.1, 0.15) is 0 Å². The fourth-order valence-corrected chi connectivity index (χ4v) is 2.70. The first-order valence-electron chi connectivity index (χ1n) is 7.32. The van der Waals surface area contributed by atoms with Crippen molar-refractivity contribution < 1.29 is 14.6 Å². The summed E-state index contributed by atoms with van der Waals surface area (Å²) in [5, 5.41) is 9.84.